The predicted octanol–water partition coefficient (Wildman–Crippen LogP) is 4.51. The van der Waals surface area contributed by atoms with Crippen molar-refractivity contribution in [3.8, 4) is 5.88 Å². The van der Waals surface area contributed by atoms with E-state index >= 15 is 0 Å². The topological polar surface area (TPSA) is 137 Å². The number of hydrogen-bond acceptors (Lipinski definition) is 8. The Morgan fingerprint density at radius 3 is 2.21 bits per heavy atom. The lowest BCUT2D eigenvalue weighted by Crippen LogP contribution is -2.27. The first kappa shape index (κ1) is 29.9. The number of hydrogen-bond donors (Lipinski definition) is 1. The molecule has 1 aromatic carbocycles. The molecule has 1 amide bonds. The third-order valence-corrected chi connectivity index (χ3v) is 7.38. The number of anilines is 1. The van der Waals surface area contributed by atoms with Gasteiger partial charge in [0.25, 0.3) is 11.5 Å². The minimum Gasteiger partial charge on any atom is -0.744 e. The Bertz CT molecular complexity index is 1580. The number of rotatable bonds is 11. The molecule has 0 bridgehead atoms. The number of hydrazone groups is 1. The van der Waals surface area contributed by atoms with Gasteiger partial charge in [-0.15, -0.1) is 0 Å². The summed E-state index contributed by atoms with van der Waals surface area (Å²) in [5.74, 6) is -0.595. The highest BCUT2D eigenvalue weighted by Gasteiger charge is 2.28. The van der Waals surface area contributed by atoms with E-state index in [2.05, 4.69) is 5.10 Å². The number of nitrogens with zero attached hydrogens (tertiary/aromatic N) is 4. The Morgan fingerprint density at radius 2 is 1.62 bits per heavy atom. The Kier molecular flexibility index (Phi) is 9.95. The molecular formula is C27H31N4O6S2-. The highest BCUT2D eigenvalue weighted by Crippen LogP contribution is 2.25. The molecule has 12 heteroatoms. The van der Waals surface area contributed by atoms with Crippen molar-refractivity contribution in [1.82, 2.24) is 9.13 Å². The van der Waals surface area contributed by atoms with Crippen LogP contribution in [-0.4, -0.2) is 38.8 Å². The van der Waals surface area contributed by atoms with Gasteiger partial charge in [-0.2, -0.15) is 10.1 Å². The number of amides is 1. The van der Waals surface area contributed by atoms with Crippen LogP contribution in [0.15, 0.2) is 68.9 Å². The van der Waals surface area contributed by atoms with Gasteiger partial charge in [0.2, 0.25) is 5.88 Å². The Balaban J connectivity index is 1.83. The first-order chi connectivity index (χ1) is 18.5. The highest BCUT2D eigenvalue weighted by molar-refractivity contribution is 7.85. The van der Waals surface area contributed by atoms with Gasteiger partial charge in [-0.3, -0.25) is 18.7 Å². The predicted molar refractivity (Wildman–Crippen MR) is 152 cm³/mol. The third kappa shape index (κ3) is 6.88. The lowest BCUT2D eigenvalue weighted by atomic mass is 10.1. The molecule has 0 aliphatic carbocycles. The number of carbonyl (C=O) groups excluding carboxylic acids is 1. The average Bonchev–Trinajstić information content (AvgIpc) is 3.18. The van der Waals surface area contributed by atoms with Crippen LogP contribution in [-0.2, 0) is 28.0 Å². The molecule has 1 aliphatic heterocycles. The molecule has 2 aromatic rings. The van der Waals surface area contributed by atoms with Gasteiger partial charge in [-0.25, -0.2) is 8.42 Å². The van der Waals surface area contributed by atoms with E-state index in [1.165, 1.54) is 22.8 Å². The Morgan fingerprint density at radius 1 is 1.00 bits per heavy atom. The highest BCUT2D eigenvalue weighted by atomic mass is 32.2. The maximum atomic E-state index is 13.1. The van der Waals surface area contributed by atoms with Crippen LogP contribution >= 0.6 is 12.2 Å². The molecular weight excluding hydrogens is 540 g/mol. The average molecular weight is 572 g/mol. The van der Waals surface area contributed by atoms with Crippen molar-refractivity contribution in [3.63, 3.8) is 0 Å². The van der Waals surface area contributed by atoms with Gasteiger partial charge >= 0.3 is 0 Å². The van der Waals surface area contributed by atoms with Gasteiger partial charge in [-0.1, -0.05) is 44.9 Å². The maximum Gasteiger partial charge on any atom is 0.280 e. The van der Waals surface area contributed by atoms with Gasteiger partial charge in [0.15, 0.2) is 4.77 Å². The van der Waals surface area contributed by atoms with E-state index < -0.39 is 20.9 Å². The number of aromatic hydroxyl groups is 1. The van der Waals surface area contributed by atoms with Crippen LogP contribution in [0.2, 0.25) is 0 Å². The fraction of sp³-hybridized carbons (Fsp3) is 0.333. The first-order valence-corrected chi connectivity index (χ1v) is 14.4. The summed E-state index contributed by atoms with van der Waals surface area (Å²) in [6.45, 7) is 6.69. The zero-order valence-electron chi connectivity index (χ0n) is 22.0. The number of unbranched alkanes of at least 4 members (excludes halogenated alkanes) is 2. The largest absolute Gasteiger partial charge is 0.744 e. The summed E-state index contributed by atoms with van der Waals surface area (Å²) in [4.78, 5) is 25.5. The van der Waals surface area contributed by atoms with Crippen molar-refractivity contribution in [2.24, 2.45) is 5.10 Å². The Labute approximate surface area is 232 Å². The lowest BCUT2D eigenvalue weighted by Gasteiger charge is -2.16. The SMILES string of the molecule is CCCCn1c(O)c(/C=C/C=C/C=C2/C(=O)N(c3ccc(S(=O)(=O)[O-])cc3)N=C2C)c(=O)n(CCCC)c1=S. The van der Waals surface area contributed by atoms with Crippen LogP contribution < -0.4 is 10.6 Å². The second-order valence-electron chi connectivity index (χ2n) is 8.91. The molecule has 1 aliphatic rings. The van der Waals surface area contributed by atoms with E-state index in [1.54, 1.807) is 35.8 Å². The summed E-state index contributed by atoms with van der Waals surface area (Å²) in [6.07, 6.45) is 11.3. The van der Waals surface area contributed by atoms with Crippen molar-refractivity contribution in [2.45, 2.75) is 64.4 Å². The molecule has 10 nitrogen and oxygen atoms in total. The summed E-state index contributed by atoms with van der Waals surface area (Å²) in [5.41, 5.74) is 0.858. The summed E-state index contributed by atoms with van der Waals surface area (Å²) in [7, 11) is -4.60. The van der Waals surface area contributed by atoms with Crippen LogP contribution in [0.5, 0.6) is 5.88 Å². The maximum absolute atomic E-state index is 13.1. The van der Waals surface area contributed by atoms with Crippen LogP contribution in [0.25, 0.3) is 6.08 Å². The molecule has 0 atom stereocenters. The molecule has 3 rings (SSSR count). The van der Waals surface area contributed by atoms with Crippen LogP contribution in [0.3, 0.4) is 0 Å². The number of benzene rings is 1. The van der Waals surface area contributed by atoms with Crippen molar-refractivity contribution >= 4 is 45.7 Å². The standard InChI is InChI=1S/C27H32N4O6S2/c1-4-6-17-29-24(32)23(25(33)30(27(29)38)18-7-5-2)12-10-8-9-11-22-19(3)28-31(26(22)34)20-13-15-21(16-14-20)39(35,36)37/h8-16,32H,4-7,17-18H2,1-3H3,(H,35,36,37)/p-1/b9-8+,12-10+,22-11+. The van der Waals surface area contributed by atoms with Crippen LogP contribution in [0, 0.1) is 4.77 Å². The zero-order valence-corrected chi connectivity index (χ0v) is 23.7. The molecule has 0 spiro atoms. The van der Waals surface area contributed by atoms with E-state index in [-0.39, 0.29) is 17.0 Å². The third-order valence-electron chi connectivity index (χ3n) is 6.09. The van der Waals surface area contributed by atoms with Crippen molar-refractivity contribution < 1.29 is 22.9 Å². The molecule has 0 radical (unpaired) electrons. The van der Waals surface area contributed by atoms with Crippen LogP contribution in [0.1, 0.15) is 52.0 Å². The van der Waals surface area contributed by atoms with E-state index in [0.29, 0.717) is 34.8 Å². The summed E-state index contributed by atoms with van der Waals surface area (Å²) < 4.78 is 36.8. The fourth-order valence-electron chi connectivity index (χ4n) is 3.89. The summed E-state index contributed by atoms with van der Waals surface area (Å²) in [5, 5.41) is 16.1. The lowest BCUT2D eigenvalue weighted by molar-refractivity contribution is -0.114. The molecule has 208 valence electrons. The number of carbonyl (C=O) groups is 1. The van der Waals surface area contributed by atoms with Gasteiger partial charge in [0.05, 0.1) is 21.9 Å². The quantitative estimate of drug-likeness (QED) is 0.181. The summed E-state index contributed by atoms with van der Waals surface area (Å²) >= 11 is 5.49. The normalized spacial score (nSPS) is 15.3. The fourth-order valence-corrected chi connectivity index (χ4v) is 4.71. The van der Waals surface area contributed by atoms with E-state index in [4.69, 9.17) is 12.2 Å². The molecule has 2 heterocycles. The number of aromatic nitrogens is 2. The molecule has 39 heavy (non-hydrogen) atoms. The summed E-state index contributed by atoms with van der Waals surface area (Å²) in [6, 6.07) is 4.92. The van der Waals surface area contributed by atoms with Crippen molar-refractivity contribution in [2.75, 3.05) is 5.01 Å². The van der Waals surface area contributed by atoms with Gasteiger partial charge in [-0.05, 0) is 68.4 Å². The molecule has 0 unspecified atom stereocenters. The number of allylic oxidation sites excluding steroid dienone is 4. The molecule has 0 saturated carbocycles. The minimum atomic E-state index is -4.60. The minimum absolute atomic E-state index is 0.137. The monoisotopic (exact) mass is 571 g/mol. The van der Waals surface area contributed by atoms with E-state index in [0.717, 1.165) is 42.8 Å². The van der Waals surface area contributed by atoms with Gasteiger partial charge < -0.3 is 9.66 Å². The van der Waals surface area contributed by atoms with Gasteiger partial charge in [0, 0.05) is 13.1 Å². The van der Waals surface area contributed by atoms with E-state index in [1.807, 2.05) is 13.8 Å². The molecule has 0 saturated heterocycles. The smallest absolute Gasteiger partial charge is 0.280 e. The van der Waals surface area contributed by atoms with Crippen molar-refractivity contribution in [1.29, 1.82) is 0 Å². The first-order valence-electron chi connectivity index (χ1n) is 12.6. The molecule has 1 N–H and O–H groups in total. The second-order valence-corrected chi connectivity index (χ2v) is 10.7. The van der Waals surface area contributed by atoms with Gasteiger partial charge in [0.1, 0.15) is 15.7 Å². The van der Waals surface area contributed by atoms with Crippen molar-refractivity contribution in [3.05, 3.63) is 74.8 Å². The Hall–Kier alpha value is -3.61. The molecule has 0 fully saturated rings. The van der Waals surface area contributed by atoms with Crippen LogP contribution in [0.4, 0.5) is 5.69 Å². The van der Waals surface area contributed by atoms with E-state index in [9.17, 15) is 27.7 Å². The second kappa shape index (κ2) is 13.0. The zero-order chi connectivity index (χ0) is 28.7. The molecule has 1 aromatic heterocycles.